The average Bonchev–Trinajstić information content (AvgIpc) is 1.06. The van der Waals surface area contributed by atoms with Crippen molar-refractivity contribution in [2.24, 2.45) is 0 Å². The maximum Gasteiger partial charge on any atom is 0.472 e. The predicted octanol–water partition coefficient (Wildman–Crippen LogP) is 22.8. The molecule has 0 heterocycles. The minimum atomic E-state index is -4.99. The van der Waals surface area contributed by atoms with Gasteiger partial charge < -0.3 is 33.8 Å². The lowest BCUT2D eigenvalue weighted by atomic mass is 10.1. The van der Waals surface area contributed by atoms with Crippen molar-refractivity contribution in [1.29, 1.82) is 0 Å². The number of unbranched alkanes of at least 4 members (excludes halogenated alkanes) is 32. The highest BCUT2D eigenvalue weighted by molar-refractivity contribution is 7.47. The zero-order valence-corrected chi connectivity index (χ0v) is 64.9. The van der Waals surface area contributed by atoms with Crippen LogP contribution in [0.1, 0.15) is 336 Å². The summed E-state index contributed by atoms with van der Waals surface area (Å²) in [5.74, 6) is -2.26. The molecule has 0 aromatic rings. The Morgan fingerprint density at radius 2 is 0.500 bits per heavy atom. The van der Waals surface area contributed by atoms with Crippen molar-refractivity contribution >= 4 is 39.5 Å². The van der Waals surface area contributed by atoms with Crippen LogP contribution in [0.25, 0.3) is 0 Å². The van der Waals surface area contributed by atoms with Gasteiger partial charge in [0.2, 0.25) is 0 Å². The summed E-state index contributed by atoms with van der Waals surface area (Å²) >= 11 is 0. The van der Waals surface area contributed by atoms with Crippen molar-refractivity contribution < 1.29 is 80.2 Å². The lowest BCUT2D eigenvalue weighted by Crippen LogP contribution is -2.30. The Bertz CT molecular complexity index is 2270. The molecule has 578 valence electrons. The second kappa shape index (κ2) is 73.3. The summed E-state index contributed by atoms with van der Waals surface area (Å²) in [6, 6.07) is 0. The molecule has 100 heavy (non-hydrogen) atoms. The fraction of sp³-hybridized carbons (Fsp3) is 0.753. The van der Waals surface area contributed by atoms with Gasteiger partial charge in [0.25, 0.3) is 0 Å². The first-order chi connectivity index (χ1) is 48.7. The predicted molar refractivity (Wildman–Crippen MR) is 409 cm³/mol. The summed E-state index contributed by atoms with van der Waals surface area (Å²) in [5.41, 5.74) is 0. The first kappa shape index (κ1) is 96.0. The Balaban J connectivity index is 5.41. The fourth-order valence-electron chi connectivity index (χ4n) is 10.4. The van der Waals surface area contributed by atoms with Gasteiger partial charge in [-0.25, -0.2) is 9.13 Å². The molecule has 5 atom stereocenters. The Labute approximate surface area is 607 Å². The third-order valence-electron chi connectivity index (χ3n) is 16.5. The molecule has 0 saturated carbocycles. The number of carbonyl (C=O) groups excluding carboxylic acids is 4. The first-order valence-electron chi connectivity index (χ1n) is 39.5. The van der Waals surface area contributed by atoms with Crippen LogP contribution in [-0.2, 0) is 65.4 Å². The van der Waals surface area contributed by atoms with Crippen molar-refractivity contribution in [2.45, 2.75) is 354 Å². The third kappa shape index (κ3) is 72.3. The minimum Gasteiger partial charge on any atom is -0.462 e. The van der Waals surface area contributed by atoms with E-state index < -0.39 is 97.5 Å². The molecule has 0 aromatic carbocycles. The number of hydrogen-bond donors (Lipinski definition) is 3. The van der Waals surface area contributed by atoms with E-state index in [1.54, 1.807) is 0 Å². The van der Waals surface area contributed by atoms with E-state index in [1.165, 1.54) is 103 Å². The molecule has 17 nitrogen and oxygen atoms in total. The molecule has 19 heteroatoms. The first-order valence-corrected chi connectivity index (χ1v) is 42.5. The largest absolute Gasteiger partial charge is 0.472 e. The molecule has 0 aliphatic carbocycles. The lowest BCUT2D eigenvalue weighted by Gasteiger charge is -2.21. The van der Waals surface area contributed by atoms with Crippen LogP contribution in [0.4, 0.5) is 0 Å². The monoisotopic (exact) mass is 1450 g/mol. The number of phosphoric ester groups is 2. The summed E-state index contributed by atoms with van der Waals surface area (Å²) in [7, 11) is -9.97. The van der Waals surface area contributed by atoms with Crippen LogP contribution in [0.3, 0.4) is 0 Å². The Morgan fingerprint density at radius 3 is 0.830 bits per heavy atom. The summed E-state index contributed by atoms with van der Waals surface area (Å²) in [6.07, 6.45) is 76.8. The van der Waals surface area contributed by atoms with E-state index in [4.69, 9.17) is 37.0 Å². The zero-order chi connectivity index (χ0) is 73.2. The maximum atomic E-state index is 13.1. The Morgan fingerprint density at radius 1 is 0.280 bits per heavy atom. The molecular weight excluding hydrogens is 1310 g/mol. The van der Waals surface area contributed by atoms with E-state index in [9.17, 15) is 43.2 Å². The van der Waals surface area contributed by atoms with Crippen molar-refractivity contribution in [1.82, 2.24) is 0 Å². The molecule has 0 aromatic heterocycles. The molecule has 2 unspecified atom stereocenters. The molecule has 3 N–H and O–H groups in total. The summed E-state index contributed by atoms with van der Waals surface area (Å²) in [4.78, 5) is 72.9. The summed E-state index contributed by atoms with van der Waals surface area (Å²) in [5, 5.41) is 10.6. The molecule has 0 rings (SSSR count). The standard InChI is InChI=1S/C81H142O17P2/c1-5-9-13-17-21-25-29-33-36-37-40-43-46-50-54-58-62-66-79(84)92-72-77(98-81(86)68-64-60-56-52-48-44-39-35-31-27-23-19-15-11-7-3)74-96-100(89,90)94-70-75(82)69-93-99(87,88)95-73-76(97-80(85)67-63-59-55-51-47-41-32-28-24-20-16-12-8-4)71-91-78(83)65-61-57-53-49-45-42-38-34-30-26-22-18-14-10-6-2/h21-22,25-26,28,32-36,38-40,43,50,54,75-77,82H,5-20,23-24,27,29-31,37,41-42,44-49,51-53,55-74H2,1-4H3,(H,87,88)(H,89,90)/b25-21-,26-22-,32-28-,36-33-,38-34-,39-35-,43-40-,54-50-/t75-,76+,77+/m0/s1. The Hall–Kier alpha value is -4.02. The van der Waals surface area contributed by atoms with Gasteiger partial charge in [-0.2, -0.15) is 0 Å². The van der Waals surface area contributed by atoms with Gasteiger partial charge in [0.1, 0.15) is 19.3 Å². The van der Waals surface area contributed by atoms with Crippen LogP contribution in [0.5, 0.6) is 0 Å². The zero-order valence-electron chi connectivity index (χ0n) is 63.1. The fourth-order valence-corrected chi connectivity index (χ4v) is 12.0. The molecule has 0 spiro atoms. The van der Waals surface area contributed by atoms with Gasteiger partial charge in [0.05, 0.1) is 26.4 Å². The normalized spacial score (nSPS) is 14.4. The van der Waals surface area contributed by atoms with Gasteiger partial charge in [-0.15, -0.1) is 0 Å². The van der Waals surface area contributed by atoms with E-state index in [2.05, 4.69) is 113 Å². The van der Waals surface area contributed by atoms with Gasteiger partial charge in [-0.1, -0.05) is 260 Å². The van der Waals surface area contributed by atoms with Crippen LogP contribution in [-0.4, -0.2) is 96.7 Å². The quantitative estimate of drug-likeness (QED) is 0.0169. The van der Waals surface area contributed by atoms with Crippen LogP contribution in [0, 0.1) is 0 Å². The number of allylic oxidation sites excluding steroid dienone is 16. The van der Waals surface area contributed by atoms with Crippen LogP contribution in [0.15, 0.2) is 97.2 Å². The van der Waals surface area contributed by atoms with Crippen molar-refractivity contribution in [3.8, 4) is 0 Å². The molecule has 0 aliphatic heterocycles. The Kier molecular flexibility index (Phi) is 70.4. The SMILES string of the molecule is CCCCC/C=C\C/C=C\C/C=C\C/C=C\CCCC(=O)OC[C@H](COP(=O)(O)OC[C@@H](O)COP(=O)(O)OC[C@@H](COC(=O)CCCCCCC/C=C\C/C=C\CCCCC)OC(=O)CCCCCCC/C=C\CCCCCC)OC(=O)CCCCCCC/C=C\CCCCCCCC. The summed E-state index contributed by atoms with van der Waals surface area (Å²) in [6.45, 7) is 4.73. The number of carbonyl (C=O) groups is 4. The number of phosphoric acid groups is 2. The van der Waals surface area contributed by atoms with Gasteiger partial charge in [0, 0.05) is 25.7 Å². The molecule has 0 fully saturated rings. The second-order valence-corrected chi connectivity index (χ2v) is 29.2. The number of rotatable bonds is 74. The number of aliphatic hydroxyl groups excluding tert-OH is 1. The van der Waals surface area contributed by atoms with E-state index in [1.807, 2.05) is 12.2 Å². The summed E-state index contributed by atoms with van der Waals surface area (Å²) < 4.78 is 68.5. The van der Waals surface area contributed by atoms with Gasteiger partial charge in [-0.05, 0) is 148 Å². The second-order valence-electron chi connectivity index (χ2n) is 26.3. The third-order valence-corrected chi connectivity index (χ3v) is 18.4. The number of hydrogen-bond acceptors (Lipinski definition) is 15. The van der Waals surface area contributed by atoms with Crippen molar-refractivity contribution in [2.75, 3.05) is 39.6 Å². The number of esters is 4. The highest BCUT2D eigenvalue weighted by Gasteiger charge is 2.30. The maximum absolute atomic E-state index is 13.1. The molecule has 0 bridgehead atoms. The van der Waals surface area contributed by atoms with Gasteiger partial charge in [0.15, 0.2) is 12.2 Å². The number of aliphatic hydroxyl groups is 1. The molecule has 0 aliphatic rings. The van der Waals surface area contributed by atoms with Crippen molar-refractivity contribution in [3.63, 3.8) is 0 Å². The highest BCUT2D eigenvalue weighted by Crippen LogP contribution is 2.45. The van der Waals surface area contributed by atoms with E-state index >= 15 is 0 Å². The molecule has 0 amide bonds. The smallest absolute Gasteiger partial charge is 0.462 e. The minimum absolute atomic E-state index is 0.0735. The van der Waals surface area contributed by atoms with Gasteiger partial charge >= 0.3 is 39.5 Å². The van der Waals surface area contributed by atoms with E-state index in [0.29, 0.717) is 32.1 Å². The van der Waals surface area contributed by atoms with Gasteiger partial charge in [-0.3, -0.25) is 37.3 Å². The van der Waals surface area contributed by atoms with Crippen LogP contribution < -0.4 is 0 Å². The number of ether oxygens (including phenoxy) is 4. The van der Waals surface area contributed by atoms with Crippen molar-refractivity contribution in [3.05, 3.63) is 97.2 Å². The topological polar surface area (TPSA) is 237 Å². The van der Waals surface area contributed by atoms with Crippen LogP contribution >= 0.6 is 15.6 Å². The average molecular weight is 1450 g/mol. The molecular formula is C81H142O17P2. The molecule has 0 saturated heterocycles. The van der Waals surface area contributed by atoms with Crippen LogP contribution in [0.2, 0.25) is 0 Å². The molecule has 0 radical (unpaired) electrons. The van der Waals surface area contributed by atoms with E-state index in [0.717, 1.165) is 148 Å². The highest BCUT2D eigenvalue weighted by atomic mass is 31.2. The van der Waals surface area contributed by atoms with E-state index in [-0.39, 0.29) is 25.7 Å². The lowest BCUT2D eigenvalue weighted by molar-refractivity contribution is -0.161.